The summed E-state index contributed by atoms with van der Waals surface area (Å²) in [5.74, 6) is -9.95. The Labute approximate surface area is 211 Å². The normalized spacial score (nSPS) is 30.1. The van der Waals surface area contributed by atoms with Crippen LogP contribution in [-0.2, 0) is 25.6 Å². The smallest absolute Gasteiger partial charge is 0.255 e. The molecule has 1 aromatic rings. The molecule has 0 bridgehead atoms. The summed E-state index contributed by atoms with van der Waals surface area (Å²) in [6.45, 7) is 1.59. The first-order chi connectivity index (χ1) is 16.3. The standard InChI is InChI=1S/C23H21BrClNO9/c1-6-8-3-11(25)9(2-7(27)5-24)17(29)14(8)19(31)16-13(6)18(30)10-4-12(28)15(22(26)34)20(32)23(10,35)21(16)33/h3,6,10,13,18,29-32,35H,2,4-5H2,1H3,(H2,26,34). The monoisotopic (exact) mass is 569 g/mol. The van der Waals surface area contributed by atoms with Crippen molar-refractivity contribution in [3.05, 3.63) is 44.7 Å². The molecular weight excluding hydrogens is 550 g/mol. The van der Waals surface area contributed by atoms with E-state index in [9.17, 15) is 44.7 Å². The second-order valence-corrected chi connectivity index (χ2v) is 9.95. The van der Waals surface area contributed by atoms with E-state index in [1.54, 1.807) is 6.92 Å². The number of primary amides is 1. The summed E-state index contributed by atoms with van der Waals surface area (Å²) in [6.07, 6.45) is -2.57. The Bertz CT molecular complexity index is 1290. The van der Waals surface area contributed by atoms with Gasteiger partial charge in [0.05, 0.1) is 17.0 Å². The number of phenols is 1. The number of fused-ring (bicyclic) bond motifs is 3. The summed E-state index contributed by atoms with van der Waals surface area (Å²) < 4.78 is 0. The number of hydrogen-bond donors (Lipinski definition) is 6. The number of aliphatic hydroxyl groups excluding tert-OH is 3. The second kappa shape index (κ2) is 8.44. The van der Waals surface area contributed by atoms with Crippen LogP contribution >= 0.6 is 27.5 Å². The molecule has 5 atom stereocenters. The highest BCUT2D eigenvalue weighted by molar-refractivity contribution is 9.09. The average molecular weight is 571 g/mol. The minimum absolute atomic E-state index is 0.00934. The molecule has 12 heteroatoms. The van der Waals surface area contributed by atoms with Crippen LogP contribution in [0.1, 0.15) is 36.0 Å². The van der Waals surface area contributed by atoms with E-state index < -0.39 is 81.8 Å². The van der Waals surface area contributed by atoms with E-state index in [2.05, 4.69) is 15.9 Å². The van der Waals surface area contributed by atoms with E-state index in [4.69, 9.17) is 17.3 Å². The lowest BCUT2D eigenvalue weighted by Crippen LogP contribution is -2.63. The van der Waals surface area contributed by atoms with Crippen LogP contribution in [-0.4, -0.2) is 65.8 Å². The fourth-order valence-corrected chi connectivity index (χ4v) is 5.95. The Kier molecular flexibility index (Phi) is 6.12. The van der Waals surface area contributed by atoms with E-state index in [0.717, 1.165) is 0 Å². The third kappa shape index (κ3) is 3.36. The molecule has 0 radical (unpaired) electrons. The van der Waals surface area contributed by atoms with E-state index in [0.29, 0.717) is 0 Å². The molecule has 5 unspecified atom stereocenters. The van der Waals surface area contributed by atoms with Crippen LogP contribution in [0.15, 0.2) is 23.0 Å². The number of benzene rings is 1. The number of aliphatic hydroxyl groups is 4. The Hall–Kier alpha value is -2.73. The molecule has 0 heterocycles. The van der Waals surface area contributed by atoms with Crippen molar-refractivity contribution in [2.24, 2.45) is 17.6 Å². The van der Waals surface area contributed by atoms with Gasteiger partial charge in [-0.3, -0.25) is 19.2 Å². The van der Waals surface area contributed by atoms with Gasteiger partial charge in [0.25, 0.3) is 5.91 Å². The Morgan fingerprint density at radius 3 is 2.46 bits per heavy atom. The Morgan fingerprint density at radius 1 is 1.26 bits per heavy atom. The largest absolute Gasteiger partial charge is 0.508 e. The molecule has 0 saturated heterocycles. The Morgan fingerprint density at radius 2 is 1.89 bits per heavy atom. The maximum atomic E-state index is 13.6. The fourth-order valence-electron chi connectivity index (χ4n) is 5.48. The van der Waals surface area contributed by atoms with Crippen molar-refractivity contribution in [2.75, 3.05) is 5.33 Å². The molecule has 3 aliphatic carbocycles. The highest BCUT2D eigenvalue weighted by Crippen LogP contribution is 2.56. The highest BCUT2D eigenvalue weighted by atomic mass is 79.9. The molecule has 1 saturated carbocycles. The number of Topliss-reactive ketones (excluding diaryl/α,β-unsaturated/α-hetero) is 3. The molecular formula is C23H21BrClNO9. The molecule has 0 aromatic heterocycles. The summed E-state index contributed by atoms with van der Waals surface area (Å²) in [7, 11) is 0. The van der Waals surface area contributed by atoms with Crippen LogP contribution < -0.4 is 5.73 Å². The fraction of sp³-hybridized carbons (Fsp3) is 0.391. The molecule has 35 heavy (non-hydrogen) atoms. The summed E-state index contributed by atoms with van der Waals surface area (Å²) in [6, 6.07) is 1.41. The summed E-state index contributed by atoms with van der Waals surface area (Å²) in [5.41, 5.74) is 0.848. The lowest BCUT2D eigenvalue weighted by molar-refractivity contribution is -0.160. The highest BCUT2D eigenvalue weighted by Gasteiger charge is 2.64. The minimum Gasteiger partial charge on any atom is -0.508 e. The molecule has 4 rings (SSSR count). The maximum absolute atomic E-state index is 13.6. The van der Waals surface area contributed by atoms with Crippen LogP contribution in [0.25, 0.3) is 5.76 Å². The quantitative estimate of drug-likeness (QED) is 0.227. The number of phenolic OH excluding ortho intramolecular Hbond substituents is 1. The van der Waals surface area contributed by atoms with Gasteiger partial charge >= 0.3 is 0 Å². The summed E-state index contributed by atoms with van der Waals surface area (Å²) >= 11 is 9.34. The van der Waals surface area contributed by atoms with Crippen molar-refractivity contribution in [1.29, 1.82) is 0 Å². The molecule has 0 aliphatic heterocycles. The van der Waals surface area contributed by atoms with E-state index in [1.165, 1.54) is 6.07 Å². The van der Waals surface area contributed by atoms with Gasteiger partial charge in [-0.25, -0.2) is 0 Å². The van der Waals surface area contributed by atoms with Gasteiger partial charge in [-0.15, -0.1) is 0 Å². The lowest BCUT2D eigenvalue weighted by Gasteiger charge is -2.50. The number of ketones is 3. The van der Waals surface area contributed by atoms with Crippen molar-refractivity contribution in [3.8, 4) is 5.75 Å². The predicted octanol–water partition coefficient (Wildman–Crippen LogP) is 1.12. The van der Waals surface area contributed by atoms with Crippen molar-refractivity contribution < 1.29 is 44.7 Å². The van der Waals surface area contributed by atoms with Gasteiger partial charge in [0.2, 0.25) is 5.78 Å². The van der Waals surface area contributed by atoms with Gasteiger partial charge < -0.3 is 31.3 Å². The number of amides is 1. The van der Waals surface area contributed by atoms with Crippen LogP contribution in [0.5, 0.6) is 5.75 Å². The van der Waals surface area contributed by atoms with Crippen LogP contribution in [0.2, 0.25) is 5.02 Å². The number of rotatable bonds is 4. The number of nitrogens with two attached hydrogens (primary N) is 1. The first-order valence-corrected chi connectivity index (χ1v) is 12.1. The van der Waals surface area contributed by atoms with Crippen LogP contribution in [0.4, 0.5) is 0 Å². The average Bonchev–Trinajstić information content (AvgIpc) is 2.78. The van der Waals surface area contributed by atoms with Gasteiger partial charge in [-0.1, -0.05) is 34.5 Å². The number of carbonyl (C=O) groups excluding carboxylic acids is 4. The molecule has 1 amide bonds. The number of alkyl halides is 1. The van der Waals surface area contributed by atoms with Gasteiger partial charge in [0.1, 0.15) is 28.6 Å². The van der Waals surface area contributed by atoms with Crippen molar-refractivity contribution >= 4 is 56.5 Å². The van der Waals surface area contributed by atoms with Gasteiger partial charge in [-0.05, 0) is 17.5 Å². The predicted molar refractivity (Wildman–Crippen MR) is 125 cm³/mol. The molecule has 3 aliphatic rings. The van der Waals surface area contributed by atoms with Crippen LogP contribution in [0.3, 0.4) is 0 Å². The lowest BCUT2D eigenvalue weighted by atomic mass is 9.55. The van der Waals surface area contributed by atoms with Gasteiger partial charge in [-0.2, -0.15) is 0 Å². The SMILES string of the molecule is CC1c2cc(Cl)c(CC(=O)CBr)c(O)c2C(O)=C2C(=O)C3(O)C(O)=C(C(N)=O)C(=O)CC3C(O)C21. The maximum Gasteiger partial charge on any atom is 0.255 e. The third-order valence-electron chi connectivity index (χ3n) is 7.20. The van der Waals surface area contributed by atoms with E-state index in [1.807, 2.05) is 0 Å². The summed E-state index contributed by atoms with van der Waals surface area (Å²) in [4.78, 5) is 49.7. The zero-order chi connectivity index (χ0) is 26.1. The van der Waals surface area contributed by atoms with Crippen molar-refractivity contribution in [2.45, 2.75) is 37.4 Å². The van der Waals surface area contributed by atoms with Crippen LogP contribution in [0, 0.1) is 11.8 Å². The third-order valence-corrected chi connectivity index (χ3v) is 8.16. The first kappa shape index (κ1) is 25.4. The second-order valence-electron chi connectivity index (χ2n) is 8.98. The van der Waals surface area contributed by atoms with Crippen molar-refractivity contribution in [3.63, 3.8) is 0 Å². The molecule has 0 spiro atoms. The Balaban J connectivity index is 1.99. The number of hydrogen-bond acceptors (Lipinski definition) is 9. The molecule has 10 nitrogen and oxygen atoms in total. The van der Waals surface area contributed by atoms with Gasteiger partial charge in [0, 0.05) is 40.8 Å². The first-order valence-electron chi connectivity index (χ1n) is 10.6. The minimum atomic E-state index is -2.91. The van der Waals surface area contributed by atoms with E-state index in [-0.39, 0.29) is 39.2 Å². The zero-order valence-corrected chi connectivity index (χ0v) is 20.6. The molecule has 7 N–H and O–H groups in total. The number of halogens is 2. The number of carbonyl (C=O) groups is 4. The van der Waals surface area contributed by atoms with E-state index >= 15 is 0 Å². The van der Waals surface area contributed by atoms with Gasteiger partial charge in [0.15, 0.2) is 11.4 Å². The molecule has 186 valence electrons. The molecule has 1 aromatic carbocycles. The van der Waals surface area contributed by atoms with Crippen molar-refractivity contribution in [1.82, 2.24) is 0 Å². The topological polar surface area (TPSA) is 195 Å². The summed E-state index contributed by atoms with van der Waals surface area (Å²) in [5, 5.41) is 55.2. The number of aromatic hydroxyl groups is 1. The molecule has 1 fully saturated rings. The zero-order valence-electron chi connectivity index (χ0n) is 18.2.